The van der Waals surface area contributed by atoms with Gasteiger partial charge in [-0.05, 0) is 45.0 Å². The molecule has 2 rings (SSSR count). The molecule has 0 radical (unpaired) electrons. The van der Waals surface area contributed by atoms with E-state index in [1.807, 2.05) is 13.8 Å². The molecule has 0 fully saturated rings. The number of anilines is 1. The number of benzene rings is 1. The van der Waals surface area contributed by atoms with Crippen molar-refractivity contribution in [2.75, 3.05) is 11.9 Å². The molecule has 1 heterocycles. The average Bonchev–Trinajstić information content (AvgIpc) is 2.57. The van der Waals surface area contributed by atoms with Gasteiger partial charge < -0.3 is 15.2 Å². The van der Waals surface area contributed by atoms with Gasteiger partial charge in [0.05, 0.1) is 6.54 Å². The lowest BCUT2D eigenvalue weighted by Gasteiger charge is -2.22. The zero-order valence-electron chi connectivity index (χ0n) is 15.6. The molecule has 0 atom stereocenters. The summed E-state index contributed by atoms with van der Waals surface area (Å²) >= 11 is 0. The van der Waals surface area contributed by atoms with Crippen LogP contribution in [0.5, 0.6) is 5.75 Å². The van der Waals surface area contributed by atoms with Gasteiger partial charge in [-0.2, -0.15) is 0 Å². The van der Waals surface area contributed by atoms with Crippen LogP contribution in [0.4, 0.5) is 5.69 Å². The Kier molecular flexibility index (Phi) is 6.02. The summed E-state index contributed by atoms with van der Waals surface area (Å²) < 4.78 is 7.32. The van der Waals surface area contributed by atoms with Crippen molar-refractivity contribution < 1.29 is 14.6 Å². The second kappa shape index (κ2) is 8.03. The van der Waals surface area contributed by atoms with Crippen molar-refractivity contribution in [1.82, 2.24) is 9.55 Å². The maximum atomic E-state index is 12.1. The molecule has 0 bridgehead atoms. The third-order valence-electron chi connectivity index (χ3n) is 3.96. The molecule has 26 heavy (non-hydrogen) atoms. The second-order valence-corrected chi connectivity index (χ2v) is 6.59. The Morgan fingerprint density at radius 3 is 2.54 bits per heavy atom. The Labute approximate surface area is 152 Å². The number of hydrogen-bond acceptors (Lipinski definition) is 5. The first-order valence-corrected chi connectivity index (χ1v) is 8.54. The van der Waals surface area contributed by atoms with E-state index in [0.29, 0.717) is 31.0 Å². The van der Waals surface area contributed by atoms with Gasteiger partial charge in [-0.3, -0.25) is 9.36 Å². The first kappa shape index (κ1) is 19.5. The number of ether oxygens (including phenoxy) is 1. The lowest BCUT2D eigenvalue weighted by molar-refractivity contribution is -0.141. The average molecular weight is 359 g/mol. The highest BCUT2D eigenvalue weighted by Gasteiger charge is 2.26. The molecule has 140 valence electrons. The summed E-state index contributed by atoms with van der Waals surface area (Å²) in [4.78, 5) is 27.6. The predicted octanol–water partition coefficient (Wildman–Crippen LogP) is 2.47. The van der Waals surface area contributed by atoms with Gasteiger partial charge in [-0.1, -0.05) is 6.92 Å². The molecule has 0 aliphatic rings. The van der Waals surface area contributed by atoms with E-state index in [1.165, 1.54) is 6.07 Å². The first-order chi connectivity index (χ1) is 12.2. The van der Waals surface area contributed by atoms with E-state index in [-0.39, 0.29) is 5.56 Å². The highest BCUT2D eigenvalue weighted by Crippen LogP contribution is 2.19. The number of nitrogens with zero attached hydrogens (tertiary/aromatic N) is 2. The monoisotopic (exact) mass is 359 g/mol. The van der Waals surface area contributed by atoms with Gasteiger partial charge in [-0.15, -0.1) is 0 Å². The number of aromatic nitrogens is 2. The second-order valence-electron chi connectivity index (χ2n) is 6.59. The Morgan fingerprint density at radius 2 is 1.96 bits per heavy atom. The number of carboxylic acids is 1. The Bertz CT molecular complexity index is 826. The lowest BCUT2D eigenvalue weighted by Crippen LogP contribution is -2.39. The van der Waals surface area contributed by atoms with Gasteiger partial charge in [0.15, 0.2) is 0 Å². The fourth-order valence-electron chi connectivity index (χ4n) is 2.49. The van der Waals surface area contributed by atoms with Crippen molar-refractivity contribution >= 4 is 11.7 Å². The van der Waals surface area contributed by atoms with E-state index in [2.05, 4.69) is 10.3 Å². The van der Waals surface area contributed by atoms with E-state index < -0.39 is 11.5 Å². The number of carbonyl (C=O) groups is 1. The van der Waals surface area contributed by atoms with Gasteiger partial charge in [0.1, 0.15) is 23.7 Å². The van der Waals surface area contributed by atoms with Crippen molar-refractivity contribution in [2.24, 2.45) is 0 Å². The minimum Gasteiger partial charge on any atom is -0.492 e. The summed E-state index contributed by atoms with van der Waals surface area (Å²) in [7, 11) is 0. The fourth-order valence-corrected chi connectivity index (χ4v) is 2.49. The largest absolute Gasteiger partial charge is 0.492 e. The standard InChI is InChI=1S/C19H25N3O4/c1-5-16-20-13(2)12-17(23)22(16)10-11-26-15-8-6-14(7-9-15)21-19(3,4)18(24)25/h6-9,12,21H,5,10-11H2,1-4H3,(H,24,25). The van der Waals surface area contributed by atoms with Crippen LogP contribution in [-0.4, -0.2) is 32.8 Å². The third-order valence-corrected chi connectivity index (χ3v) is 3.96. The number of rotatable bonds is 8. The first-order valence-electron chi connectivity index (χ1n) is 8.54. The number of carboxylic acid groups (broad SMARTS) is 1. The lowest BCUT2D eigenvalue weighted by atomic mass is 10.1. The van der Waals surface area contributed by atoms with Gasteiger partial charge in [0.2, 0.25) is 0 Å². The Balaban J connectivity index is 1.97. The quantitative estimate of drug-likeness (QED) is 0.752. The van der Waals surface area contributed by atoms with Gasteiger partial charge in [0, 0.05) is 23.9 Å². The van der Waals surface area contributed by atoms with Crippen LogP contribution in [0.2, 0.25) is 0 Å². The molecule has 2 aromatic rings. The van der Waals surface area contributed by atoms with E-state index in [4.69, 9.17) is 9.84 Å². The van der Waals surface area contributed by atoms with Crippen LogP contribution < -0.4 is 15.6 Å². The van der Waals surface area contributed by atoms with Crippen molar-refractivity contribution in [3.8, 4) is 5.75 Å². The van der Waals surface area contributed by atoms with Crippen molar-refractivity contribution in [3.05, 3.63) is 52.2 Å². The van der Waals surface area contributed by atoms with Crippen LogP contribution in [0.25, 0.3) is 0 Å². The summed E-state index contributed by atoms with van der Waals surface area (Å²) in [5.41, 5.74) is 0.278. The number of aryl methyl sites for hydroxylation is 2. The maximum absolute atomic E-state index is 12.1. The molecule has 0 saturated heterocycles. The maximum Gasteiger partial charge on any atom is 0.328 e. The Morgan fingerprint density at radius 1 is 1.31 bits per heavy atom. The third kappa shape index (κ3) is 4.84. The molecular formula is C19H25N3O4. The molecule has 0 saturated carbocycles. The summed E-state index contributed by atoms with van der Waals surface area (Å²) in [5, 5.41) is 12.1. The molecule has 0 amide bonds. The molecule has 0 spiro atoms. The van der Waals surface area contributed by atoms with Crippen molar-refractivity contribution in [1.29, 1.82) is 0 Å². The van der Waals surface area contributed by atoms with E-state index >= 15 is 0 Å². The van der Waals surface area contributed by atoms with E-state index in [9.17, 15) is 9.59 Å². The highest BCUT2D eigenvalue weighted by molar-refractivity contribution is 5.81. The zero-order chi connectivity index (χ0) is 19.3. The Hall–Kier alpha value is -2.83. The van der Waals surface area contributed by atoms with Crippen molar-refractivity contribution in [2.45, 2.75) is 46.2 Å². The molecule has 1 aromatic heterocycles. The molecule has 0 unspecified atom stereocenters. The van der Waals surface area contributed by atoms with Gasteiger partial charge >= 0.3 is 5.97 Å². The summed E-state index contributed by atoms with van der Waals surface area (Å²) in [6.07, 6.45) is 0.677. The highest BCUT2D eigenvalue weighted by atomic mass is 16.5. The number of nitrogens with one attached hydrogen (secondary N) is 1. The smallest absolute Gasteiger partial charge is 0.328 e. The van der Waals surface area contributed by atoms with Gasteiger partial charge in [0.25, 0.3) is 5.56 Å². The molecular weight excluding hydrogens is 334 g/mol. The zero-order valence-corrected chi connectivity index (χ0v) is 15.6. The molecule has 1 aromatic carbocycles. The number of hydrogen-bond donors (Lipinski definition) is 2. The number of aliphatic carboxylic acids is 1. The minimum absolute atomic E-state index is 0.0756. The SMILES string of the molecule is CCc1nc(C)cc(=O)n1CCOc1ccc(NC(C)(C)C(=O)O)cc1. The van der Waals surface area contributed by atoms with Crippen LogP contribution in [0.1, 0.15) is 32.3 Å². The fraction of sp³-hybridized carbons (Fsp3) is 0.421. The molecule has 7 nitrogen and oxygen atoms in total. The van der Waals surface area contributed by atoms with Crippen LogP contribution in [-0.2, 0) is 17.8 Å². The summed E-state index contributed by atoms with van der Waals surface area (Å²) in [6.45, 7) is 7.72. The molecule has 0 aliphatic heterocycles. The molecule has 0 aliphatic carbocycles. The van der Waals surface area contributed by atoms with Crippen molar-refractivity contribution in [3.63, 3.8) is 0 Å². The van der Waals surface area contributed by atoms with Crippen LogP contribution in [0.15, 0.2) is 35.1 Å². The van der Waals surface area contributed by atoms with Gasteiger partial charge in [-0.25, -0.2) is 9.78 Å². The normalized spacial score (nSPS) is 11.2. The van der Waals surface area contributed by atoms with E-state index in [0.717, 1.165) is 11.5 Å². The predicted molar refractivity (Wildman–Crippen MR) is 99.9 cm³/mol. The molecule has 7 heteroatoms. The minimum atomic E-state index is -1.06. The van der Waals surface area contributed by atoms with Crippen LogP contribution >= 0.6 is 0 Å². The van der Waals surface area contributed by atoms with E-state index in [1.54, 1.807) is 42.7 Å². The summed E-state index contributed by atoms with van der Waals surface area (Å²) in [6, 6.07) is 8.56. The topological polar surface area (TPSA) is 93.5 Å². The van der Waals surface area contributed by atoms with Crippen LogP contribution in [0, 0.1) is 6.92 Å². The van der Waals surface area contributed by atoms with Crippen LogP contribution in [0.3, 0.4) is 0 Å². The molecule has 2 N–H and O–H groups in total. The summed E-state index contributed by atoms with van der Waals surface area (Å²) in [5.74, 6) is 0.464.